The Morgan fingerprint density at radius 1 is 1.18 bits per heavy atom. The molecule has 1 N–H and O–H groups in total. The smallest absolute Gasteiger partial charge is 0.311 e. The molecule has 1 saturated heterocycles. The molecular formula is C23H25N3O7S. The number of carbonyl (C=O) groups excluding carboxylic acids is 2. The minimum absolute atomic E-state index is 0.0474. The van der Waals surface area contributed by atoms with Gasteiger partial charge >= 0.3 is 5.97 Å². The summed E-state index contributed by atoms with van der Waals surface area (Å²) >= 11 is 0. The molecule has 3 rings (SSSR count). The summed E-state index contributed by atoms with van der Waals surface area (Å²) in [7, 11) is -2.48. The number of nitrogens with zero attached hydrogens (tertiary/aromatic N) is 2. The number of methoxy groups -OCH3 is 1. The van der Waals surface area contributed by atoms with E-state index in [2.05, 4.69) is 5.32 Å². The van der Waals surface area contributed by atoms with Gasteiger partial charge in [0.2, 0.25) is 10.0 Å². The summed E-state index contributed by atoms with van der Waals surface area (Å²) in [5, 5.41) is 11.4. The number of hydrogen-bond acceptors (Lipinski definition) is 8. The second kappa shape index (κ2) is 11.1. The Morgan fingerprint density at radius 2 is 1.85 bits per heavy atom. The zero-order chi connectivity index (χ0) is 24.7. The zero-order valence-corrected chi connectivity index (χ0v) is 19.6. The molecule has 10 nitrogen and oxygen atoms in total. The quantitative estimate of drug-likeness (QED) is 0.556. The third-order valence-corrected chi connectivity index (χ3v) is 7.04. The number of sulfonamides is 1. The number of nitrogens with one attached hydrogen (secondary N) is 1. The number of rotatable bonds is 8. The number of esters is 1. The first-order chi connectivity index (χ1) is 16.2. The molecule has 1 atom stereocenters. The Morgan fingerprint density at radius 3 is 2.47 bits per heavy atom. The highest BCUT2D eigenvalue weighted by atomic mass is 32.2. The van der Waals surface area contributed by atoms with Crippen LogP contribution in [0.3, 0.4) is 0 Å². The van der Waals surface area contributed by atoms with Gasteiger partial charge in [-0.1, -0.05) is 6.07 Å². The van der Waals surface area contributed by atoms with Crippen LogP contribution < -0.4 is 10.1 Å². The molecule has 0 saturated carbocycles. The number of carbonyl (C=O) groups is 2. The van der Waals surface area contributed by atoms with Crippen LogP contribution in [0.15, 0.2) is 47.4 Å². The van der Waals surface area contributed by atoms with Gasteiger partial charge in [-0.15, -0.1) is 0 Å². The Kier molecular flexibility index (Phi) is 8.22. The molecule has 0 aliphatic carbocycles. The van der Waals surface area contributed by atoms with E-state index in [1.807, 2.05) is 6.07 Å². The average molecular weight is 488 g/mol. The van der Waals surface area contributed by atoms with Crippen LogP contribution in [0, 0.1) is 11.3 Å². The van der Waals surface area contributed by atoms with Gasteiger partial charge in [0.15, 0.2) is 6.10 Å². The predicted molar refractivity (Wildman–Crippen MR) is 122 cm³/mol. The number of benzene rings is 2. The van der Waals surface area contributed by atoms with E-state index in [-0.39, 0.29) is 30.2 Å². The Bertz CT molecular complexity index is 1180. The number of anilines is 1. The van der Waals surface area contributed by atoms with Gasteiger partial charge in [-0.25, -0.2) is 8.42 Å². The molecule has 1 heterocycles. The maximum atomic E-state index is 13.1. The van der Waals surface area contributed by atoms with E-state index in [0.717, 1.165) is 0 Å². The third-order valence-electron chi connectivity index (χ3n) is 5.12. The lowest BCUT2D eigenvalue weighted by Crippen LogP contribution is -2.40. The van der Waals surface area contributed by atoms with Crippen molar-refractivity contribution in [3.05, 3.63) is 53.6 Å². The van der Waals surface area contributed by atoms with Crippen LogP contribution in [-0.4, -0.2) is 64.1 Å². The molecule has 0 unspecified atom stereocenters. The van der Waals surface area contributed by atoms with Crippen LogP contribution in [0.1, 0.15) is 18.1 Å². The maximum Gasteiger partial charge on any atom is 0.311 e. The fourth-order valence-electron chi connectivity index (χ4n) is 3.29. The molecule has 2 aromatic rings. The highest BCUT2D eigenvalue weighted by molar-refractivity contribution is 7.89. The number of amides is 1. The summed E-state index contributed by atoms with van der Waals surface area (Å²) in [6.07, 6.45) is -1.32. The molecule has 11 heteroatoms. The van der Waals surface area contributed by atoms with Gasteiger partial charge in [0.05, 0.1) is 38.4 Å². The van der Waals surface area contributed by atoms with E-state index in [9.17, 15) is 18.0 Å². The molecule has 34 heavy (non-hydrogen) atoms. The fourth-order valence-corrected chi connectivity index (χ4v) is 4.90. The molecule has 0 bridgehead atoms. The number of hydrogen-bond donors (Lipinski definition) is 1. The molecule has 0 radical (unpaired) electrons. The summed E-state index contributed by atoms with van der Waals surface area (Å²) in [4.78, 5) is 24.7. The van der Waals surface area contributed by atoms with E-state index in [4.69, 9.17) is 19.5 Å². The highest BCUT2D eigenvalue weighted by Crippen LogP contribution is 2.28. The standard InChI is InChI=1S/C23H25N3O7S/c1-16(23(28)25-19-6-3-17(15-24)4-7-19)33-22(27)14-18-5-8-20(31-2)21(13-18)34(29,30)26-9-11-32-12-10-26/h3-8,13,16H,9-12,14H2,1-2H3,(H,25,28)/t16-/m0/s1. The first-order valence-corrected chi connectivity index (χ1v) is 11.9. The monoisotopic (exact) mass is 487 g/mol. The van der Waals surface area contributed by atoms with Crippen molar-refractivity contribution < 1.29 is 32.2 Å². The SMILES string of the molecule is COc1ccc(CC(=O)O[C@@H](C)C(=O)Nc2ccc(C#N)cc2)cc1S(=O)(=O)N1CCOCC1. The molecule has 1 aliphatic heterocycles. The molecule has 0 spiro atoms. The van der Waals surface area contributed by atoms with E-state index in [1.54, 1.807) is 30.3 Å². The lowest BCUT2D eigenvalue weighted by molar-refractivity contribution is -0.152. The molecule has 1 amide bonds. The summed E-state index contributed by atoms with van der Waals surface area (Å²) < 4.78 is 43.2. The maximum absolute atomic E-state index is 13.1. The normalized spacial score (nSPS) is 15.1. The van der Waals surface area contributed by atoms with Gasteiger partial charge in [-0.05, 0) is 48.9 Å². The van der Waals surface area contributed by atoms with Crippen molar-refractivity contribution in [2.45, 2.75) is 24.3 Å². The molecule has 1 aliphatic rings. The van der Waals surface area contributed by atoms with Crippen LogP contribution in [0.2, 0.25) is 0 Å². The highest BCUT2D eigenvalue weighted by Gasteiger charge is 2.30. The molecule has 1 fully saturated rings. The second-order valence-electron chi connectivity index (χ2n) is 7.49. The first-order valence-electron chi connectivity index (χ1n) is 10.5. The predicted octanol–water partition coefficient (Wildman–Crippen LogP) is 1.70. The van der Waals surface area contributed by atoms with E-state index in [1.165, 1.54) is 30.5 Å². The van der Waals surface area contributed by atoms with E-state index >= 15 is 0 Å². The van der Waals surface area contributed by atoms with Crippen molar-refractivity contribution in [1.29, 1.82) is 5.26 Å². The minimum atomic E-state index is -3.85. The van der Waals surface area contributed by atoms with Crippen LogP contribution in [-0.2, 0) is 35.5 Å². The summed E-state index contributed by atoms with van der Waals surface area (Å²) in [6.45, 7) is 2.48. The molecule has 2 aromatic carbocycles. The average Bonchev–Trinajstić information content (AvgIpc) is 2.84. The van der Waals surface area contributed by atoms with Crippen LogP contribution in [0.5, 0.6) is 5.75 Å². The lowest BCUT2D eigenvalue weighted by atomic mass is 10.1. The van der Waals surface area contributed by atoms with Gasteiger partial charge in [0.1, 0.15) is 10.6 Å². The van der Waals surface area contributed by atoms with E-state index < -0.39 is 28.0 Å². The Balaban J connectivity index is 1.66. The topological polar surface area (TPSA) is 135 Å². The minimum Gasteiger partial charge on any atom is -0.495 e. The molecule has 0 aromatic heterocycles. The third kappa shape index (κ3) is 6.11. The van der Waals surface area contributed by atoms with Crippen molar-refractivity contribution in [2.75, 3.05) is 38.7 Å². The summed E-state index contributed by atoms with van der Waals surface area (Å²) in [5.74, 6) is -1.07. The van der Waals surface area contributed by atoms with Gasteiger partial charge in [0.25, 0.3) is 5.91 Å². The fraction of sp³-hybridized carbons (Fsp3) is 0.348. The van der Waals surface area contributed by atoms with Crippen molar-refractivity contribution in [2.24, 2.45) is 0 Å². The number of ether oxygens (including phenoxy) is 3. The Hall–Kier alpha value is -3.46. The molecular weight excluding hydrogens is 462 g/mol. The van der Waals surface area contributed by atoms with Crippen molar-refractivity contribution >= 4 is 27.6 Å². The van der Waals surface area contributed by atoms with Crippen LogP contribution >= 0.6 is 0 Å². The van der Waals surface area contributed by atoms with Crippen molar-refractivity contribution in [1.82, 2.24) is 4.31 Å². The first kappa shape index (κ1) is 25.2. The van der Waals surface area contributed by atoms with Crippen molar-refractivity contribution in [3.63, 3.8) is 0 Å². The van der Waals surface area contributed by atoms with Crippen LogP contribution in [0.25, 0.3) is 0 Å². The lowest BCUT2D eigenvalue weighted by Gasteiger charge is -2.26. The van der Waals surface area contributed by atoms with Gasteiger partial charge < -0.3 is 19.5 Å². The number of morpholine rings is 1. The van der Waals surface area contributed by atoms with E-state index in [0.29, 0.717) is 30.0 Å². The second-order valence-corrected chi connectivity index (χ2v) is 9.40. The Labute approximate surface area is 198 Å². The number of nitriles is 1. The molecule has 180 valence electrons. The largest absolute Gasteiger partial charge is 0.495 e. The van der Waals surface area contributed by atoms with Gasteiger partial charge in [-0.2, -0.15) is 9.57 Å². The summed E-state index contributed by atoms with van der Waals surface area (Å²) in [6, 6.07) is 12.7. The van der Waals surface area contributed by atoms with Gasteiger partial charge in [-0.3, -0.25) is 9.59 Å². The zero-order valence-electron chi connectivity index (χ0n) is 18.8. The van der Waals surface area contributed by atoms with Crippen LogP contribution in [0.4, 0.5) is 5.69 Å². The van der Waals surface area contributed by atoms with Gasteiger partial charge in [0, 0.05) is 18.8 Å². The summed E-state index contributed by atoms with van der Waals surface area (Å²) in [5.41, 5.74) is 1.31. The van der Waals surface area contributed by atoms with Crippen molar-refractivity contribution in [3.8, 4) is 11.8 Å².